The van der Waals surface area contributed by atoms with Gasteiger partial charge in [0, 0.05) is 19.1 Å². The number of nitrogens with two attached hydrogens (primary N) is 1. The second-order valence-electron chi connectivity index (χ2n) is 8.88. The van der Waals surface area contributed by atoms with Crippen LogP contribution in [-0.2, 0) is 0 Å². The van der Waals surface area contributed by atoms with E-state index in [4.69, 9.17) is 5.73 Å². The van der Waals surface area contributed by atoms with Gasteiger partial charge in [-0.1, -0.05) is 32.9 Å². The minimum absolute atomic E-state index is 0.0364. The number of hydrogen-bond acceptors (Lipinski definition) is 5. The largest absolute Gasteiger partial charge is 0.350 e. The Morgan fingerprint density at radius 2 is 1.96 bits per heavy atom. The van der Waals surface area contributed by atoms with Gasteiger partial charge in [-0.2, -0.15) is 0 Å². The molecule has 0 aliphatic heterocycles. The molecule has 1 rings (SSSR count). The van der Waals surface area contributed by atoms with Crippen LogP contribution in [-0.4, -0.2) is 59.0 Å². The normalized spacial score (nSPS) is 12.9. The Bertz CT molecular complexity index is 550. The second kappa shape index (κ2) is 8.76. The van der Waals surface area contributed by atoms with E-state index in [-0.39, 0.29) is 22.8 Å². The fraction of sp³-hybridized carbons (Fsp3) is 0.833. The summed E-state index contributed by atoms with van der Waals surface area (Å²) in [5.74, 6) is -0.174. The zero-order valence-corrected chi connectivity index (χ0v) is 17.0. The van der Waals surface area contributed by atoms with Crippen molar-refractivity contribution in [3.05, 3.63) is 11.9 Å². The van der Waals surface area contributed by atoms with Crippen LogP contribution in [0, 0.1) is 10.8 Å². The van der Waals surface area contributed by atoms with Crippen molar-refractivity contribution in [1.82, 2.24) is 25.2 Å². The van der Waals surface area contributed by atoms with Crippen molar-refractivity contribution in [3.8, 4) is 0 Å². The molecule has 0 bridgehead atoms. The first kappa shape index (κ1) is 21.6. The molecule has 0 unspecified atom stereocenters. The molecule has 25 heavy (non-hydrogen) atoms. The van der Waals surface area contributed by atoms with Gasteiger partial charge in [-0.25, -0.2) is 4.68 Å². The number of carbonyl (C=O) groups is 1. The van der Waals surface area contributed by atoms with Crippen LogP contribution in [0.2, 0.25) is 0 Å². The first-order valence-corrected chi connectivity index (χ1v) is 9.04. The number of amides is 1. The van der Waals surface area contributed by atoms with Crippen LogP contribution in [0.4, 0.5) is 0 Å². The maximum Gasteiger partial charge on any atom is 0.273 e. The molecule has 0 radical (unpaired) electrons. The summed E-state index contributed by atoms with van der Waals surface area (Å²) in [6, 6.07) is 0.192. The summed E-state index contributed by atoms with van der Waals surface area (Å²) in [4.78, 5) is 14.6. The molecule has 0 aliphatic rings. The van der Waals surface area contributed by atoms with Gasteiger partial charge in [0.2, 0.25) is 0 Å². The third-order valence-electron chi connectivity index (χ3n) is 4.42. The van der Waals surface area contributed by atoms with Gasteiger partial charge in [0.1, 0.15) is 0 Å². The maximum atomic E-state index is 12.3. The zero-order chi connectivity index (χ0) is 19.3. The van der Waals surface area contributed by atoms with Gasteiger partial charge in [0.05, 0.1) is 6.20 Å². The Labute approximate surface area is 152 Å². The number of carbonyl (C=O) groups excluding carboxylic acids is 1. The van der Waals surface area contributed by atoms with Crippen molar-refractivity contribution in [2.24, 2.45) is 16.6 Å². The summed E-state index contributed by atoms with van der Waals surface area (Å²) < 4.78 is 1.69. The summed E-state index contributed by atoms with van der Waals surface area (Å²) >= 11 is 0. The van der Waals surface area contributed by atoms with Crippen molar-refractivity contribution in [3.63, 3.8) is 0 Å². The van der Waals surface area contributed by atoms with Crippen molar-refractivity contribution < 1.29 is 4.79 Å². The number of hydrogen-bond donors (Lipinski definition) is 2. The van der Waals surface area contributed by atoms with Gasteiger partial charge in [-0.05, 0) is 51.2 Å². The molecule has 0 saturated carbocycles. The number of nitrogens with one attached hydrogen (secondary N) is 1. The maximum absolute atomic E-state index is 12.3. The molecule has 0 aromatic carbocycles. The molecule has 0 saturated heterocycles. The monoisotopic (exact) mass is 352 g/mol. The summed E-state index contributed by atoms with van der Waals surface area (Å²) in [6.07, 6.45) is 2.74. The summed E-state index contributed by atoms with van der Waals surface area (Å²) in [5, 5.41) is 10.9. The lowest BCUT2D eigenvalue weighted by molar-refractivity contribution is 0.0919. The minimum Gasteiger partial charge on any atom is -0.350 e. The molecule has 0 atom stereocenters. The molecule has 0 fully saturated rings. The second-order valence-corrected chi connectivity index (χ2v) is 8.88. The number of rotatable bonds is 10. The zero-order valence-electron chi connectivity index (χ0n) is 17.0. The number of aromatic nitrogens is 3. The van der Waals surface area contributed by atoms with E-state index in [9.17, 15) is 4.79 Å². The van der Waals surface area contributed by atoms with Crippen LogP contribution in [0.3, 0.4) is 0 Å². The van der Waals surface area contributed by atoms with Gasteiger partial charge in [-0.3, -0.25) is 4.79 Å². The fourth-order valence-electron chi connectivity index (χ4n) is 2.50. The first-order valence-electron chi connectivity index (χ1n) is 9.04. The lowest BCUT2D eigenvalue weighted by Gasteiger charge is -2.32. The van der Waals surface area contributed by atoms with E-state index in [1.807, 2.05) is 13.8 Å². The highest BCUT2D eigenvalue weighted by Crippen LogP contribution is 2.20. The van der Waals surface area contributed by atoms with E-state index in [1.54, 1.807) is 10.9 Å². The molecule has 1 aromatic rings. The Hall–Kier alpha value is -1.47. The van der Waals surface area contributed by atoms with Gasteiger partial charge in [-0.15, -0.1) is 5.10 Å². The van der Waals surface area contributed by atoms with Crippen molar-refractivity contribution in [2.75, 3.05) is 33.2 Å². The molecule has 0 spiro atoms. The number of nitrogens with zero attached hydrogens (tertiary/aromatic N) is 4. The predicted molar refractivity (Wildman–Crippen MR) is 101 cm³/mol. The van der Waals surface area contributed by atoms with Crippen molar-refractivity contribution in [1.29, 1.82) is 0 Å². The quantitative estimate of drug-likeness (QED) is 0.671. The molecular formula is C18H36N6O. The average molecular weight is 353 g/mol. The van der Waals surface area contributed by atoms with Gasteiger partial charge < -0.3 is 16.0 Å². The summed E-state index contributed by atoms with van der Waals surface area (Å²) in [7, 11) is 2.12. The van der Waals surface area contributed by atoms with Crippen LogP contribution in [0.5, 0.6) is 0 Å². The van der Waals surface area contributed by atoms with Gasteiger partial charge in [0.15, 0.2) is 5.69 Å². The van der Waals surface area contributed by atoms with Crippen molar-refractivity contribution in [2.45, 2.75) is 54.0 Å². The first-order chi connectivity index (χ1) is 11.5. The van der Waals surface area contributed by atoms with Crippen LogP contribution >= 0.6 is 0 Å². The Morgan fingerprint density at radius 1 is 1.32 bits per heavy atom. The molecule has 0 aliphatic carbocycles. The summed E-state index contributed by atoms with van der Waals surface area (Å²) in [6.45, 7) is 15.9. The fourth-order valence-corrected chi connectivity index (χ4v) is 2.50. The minimum atomic E-state index is -0.174. The third kappa shape index (κ3) is 7.52. The van der Waals surface area contributed by atoms with Gasteiger partial charge >= 0.3 is 0 Å². The van der Waals surface area contributed by atoms with Crippen LogP contribution in [0.25, 0.3) is 0 Å². The molecule has 7 nitrogen and oxygen atoms in total. The lowest BCUT2D eigenvalue weighted by Crippen LogP contribution is -2.42. The van der Waals surface area contributed by atoms with E-state index in [1.165, 1.54) is 0 Å². The molecule has 1 heterocycles. The smallest absolute Gasteiger partial charge is 0.273 e. The van der Waals surface area contributed by atoms with Gasteiger partial charge in [0.25, 0.3) is 5.91 Å². The lowest BCUT2D eigenvalue weighted by atomic mass is 9.88. The predicted octanol–water partition coefficient (Wildman–Crippen LogP) is 1.92. The Kier molecular flexibility index (Phi) is 7.56. The van der Waals surface area contributed by atoms with E-state index in [0.717, 1.165) is 19.5 Å². The van der Waals surface area contributed by atoms with E-state index in [2.05, 4.69) is 55.3 Å². The van der Waals surface area contributed by atoms with Crippen molar-refractivity contribution >= 4 is 5.91 Å². The average Bonchev–Trinajstić information content (AvgIpc) is 3.01. The molecule has 7 heteroatoms. The third-order valence-corrected chi connectivity index (χ3v) is 4.42. The SMILES string of the molecule is CC(C)n1cc(C(=O)NCC(C)(C)CN(C)CCC(C)(C)CN)nn1. The van der Waals surface area contributed by atoms with E-state index in [0.29, 0.717) is 18.8 Å². The Morgan fingerprint density at radius 3 is 2.48 bits per heavy atom. The molecule has 3 N–H and O–H groups in total. The topological polar surface area (TPSA) is 89.1 Å². The van der Waals surface area contributed by atoms with Crippen LogP contribution < -0.4 is 11.1 Å². The molecular weight excluding hydrogens is 316 g/mol. The van der Waals surface area contributed by atoms with Crippen LogP contribution in [0.1, 0.15) is 64.5 Å². The molecule has 1 aromatic heterocycles. The van der Waals surface area contributed by atoms with E-state index < -0.39 is 0 Å². The summed E-state index contributed by atoms with van der Waals surface area (Å²) in [5.41, 5.74) is 6.29. The molecule has 1 amide bonds. The standard InChI is InChI=1S/C18H36N6O/c1-14(2)24-10-15(21-22-24)16(25)20-12-18(5,6)13-23(7)9-8-17(3,4)11-19/h10,14H,8-9,11-13,19H2,1-7H3,(H,20,25). The Balaban J connectivity index is 2.47. The molecule has 144 valence electrons. The highest BCUT2D eigenvalue weighted by molar-refractivity contribution is 5.91. The highest BCUT2D eigenvalue weighted by atomic mass is 16.2. The van der Waals surface area contributed by atoms with E-state index >= 15 is 0 Å². The van der Waals surface area contributed by atoms with Crippen LogP contribution in [0.15, 0.2) is 6.20 Å². The highest BCUT2D eigenvalue weighted by Gasteiger charge is 2.23.